The van der Waals surface area contributed by atoms with Gasteiger partial charge in [-0.3, -0.25) is 9.89 Å². The molecule has 3 N–H and O–H groups in total. The number of nitrogens with zero attached hydrogens (tertiary/aromatic N) is 2. The number of rotatable bonds is 5. The van der Waals surface area contributed by atoms with E-state index >= 15 is 0 Å². The lowest BCUT2D eigenvalue weighted by molar-refractivity contribution is 0.0927. The molecular formula is C22H23N5O2S. The quantitative estimate of drug-likeness (QED) is 0.454. The summed E-state index contributed by atoms with van der Waals surface area (Å²) >= 11 is 1.70. The summed E-state index contributed by atoms with van der Waals surface area (Å²) in [4.78, 5) is 19.4. The summed E-state index contributed by atoms with van der Waals surface area (Å²) in [6.07, 6.45) is 1.78. The summed E-state index contributed by atoms with van der Waals surface area (Å²) in [5.74, 6) is 1.67. The number of methoxy groups -OCH3 is 1. The molecule has 0 saturated carbocycles. The number of carbonyl (C=O) groups excluding carboxylic acids is 1. The van der Waals surface area contributed by atoms with E-state index in [9.17, 15) is 4.79 Å². The van der Waals surface area contributed by atoms with Crippen LogP contribution in [0.15, 0.2) is 47.8 Å². The topological polar surface area (TPSA) is 86.0 Å². The molecule has 4 aromatic rings. The Morgan fingerprint density at radius 2 is 2.10 bits per heavy atom. The van der Waals surface area contributed by atoms with Crippen LogP contribution in [0, 0.1) is 0 Å². The van der Waals surface area contributed by atoms with Gasteiger partial charge in [-0.15, -0.1) is 11.3 Å². The average molecular weight is 422 g/mol. The van der Waals surface area contributed by atoms with Crippen LogP contribution in [0.1, 0.15) is 23.3 Å². The van der Waals surface area contributed by atoms with Gasteiger partial charge in [0.2, 0.25) is 0 Å². The molecule has 4 heterocycles. The Balaban J connectivity index is 1.19. The predicted octanol–water partition coefficient (Wildman–Crippen LogP) is 4.03. The Kier molecular flexibility index (Phi) is 4.92. The van der Waals surface area contributed by atoms with Crippen LogP contribution in [-0.4, -0.2) is 47.3 Å². The molecule has 0 spiro atoms. The molecule has 154 valence electrons. The maximum Gasteiger partial charge on any atom is 0.267 e. The third-order valence-corrected chi connectivity index (χ3v) is 6.48. The van der Waals surface area contributed by atoms with Crippen molar-refractivity contribution in [2.75, 3.05) is 25.1 Å². The minimum absolute atomic E-state index is 0.0663. The van der Waals surface area contributed by atoms with Crippen LogP contribution < -0.4 is 15.0 Å². The van der Waals surface area contributed by atoms with E-state index in [0.717, 1.165) is 54.1 Å². The summed E-state index contributed by atoms with van der Waals surface area (Å²) in [6, 6.07) is 14.0. The molecule has 1 saturated heterocycles. The molecule has 1 amide bonds. The number of piperidine rings is 1. The highest BCUT2D eigenvalue weighted by atomic mass is 32.1. The molecule has 1 aliphatic heterocycles. The fraction of sp³-hybridized carbons (Fsp3) is 0.273. The number of H-pyrrole nitrogens is 2. The van der Waals surface area contributed by atoms with Gasteiger partial charge in [0.05, 0.1) is 17.7 Å². The van der Waals surface area contributed by atoms with Gasteiger partial charge in [0, 0.05) is 42.2 Å². The minimum Gasteiger partial charge on any atom is -0.497 e. The number of amides is 1. The van der Waals surface area contributed by atoms with Gasteiger partial charge >= 0.3 is 0 Å². The third kappa shape index (κ3) is 3.66. The number of carbonyl (C=O) groups is 1. The first-order valence-electron chi connectivity index (χ1n) is 10.0. The molecular weight excluding hydrogens is 398 g/mol. The van der Waals surface area contributed by atoms with Gasteiger partial charge in [-0.2, -0.15) is 5.10 Å². The lowest BCUT2D eigenvalue weighted by Crippen LogP contribution is -2.44. The first kappa shape index (κ1) is 18.7. The second-order valence-electron chi connectivity index (χ2n) is 7.49. The van der Waals surface area contributed by atoms with Crippen molar-refractivity contribution in [1.82, 2.24) is 20.5 Å². The smallest absolute Gasteiger partial charge is 0.267 e. The molecule has 0 bridgehead atoms. The zero-order valence-electron chi connectivity index (χ0n) is 16.6. The second kappa shape index (κ2) is 7.87. The van der Waals surface area contributed by atoms with E-state index in [1.165, 1.54) is 4.88 Å². The lowest BCUT2D eigenvalue weighted by atomic mass is 10.0. The fourth-order valence-electron chi connectivity index (χ4n) is 3.90. The Bertz CT molecular complexity index is 1160. The number of nitrogens with one attached hydrogen (secondary N) is 3. The standard InChI is InChI=1S/C22H23N5O2S/c1-29-16-5-4-14-11-19(24-17(14)12-16)22(28)23-15-6-8-27(9-7-15)21-13-18(25-26-21)20-3-2-10-30-20/h2-5,10-13,15,24H,6-9H2,1H3,(H,23,28)(H,25,26). The summed E-state index contributed by atoms with van der Waals surface area (Å²) < 4.78 is 5.25. The van der Waals surface area contributed by atoms with E-state index in [0.29, 0.717) is 5.69 Å². The van der Waals surface area contributed by atoms with Gasteiger partial charge in [0.15, 0.2) is 5.82 Å². The van der Waals surface area contributed by atoms with Crippen molar-refractivity contribution in [3.63, 3.8) is 0 Å². The predicted molar refractivity (Wildman–Crippen MR) is 119 cm³/mol. The molecule has 1 aromatic carbocycles. The third-order valence-electron chi connectivity index (χ3n) is 5.58. The van der Waals surface area contributed by atoms with Gasteiger partial charge in [0.1, 0.15) is 11.4 Å². The number of benzene rings is 1. The van der Waals surface area contributed by atoms with E-state index in [-0.39, 0.29) is 11.9 Å². The van der Waals surface area contributed by atoms with E-state index in [1.54, 1.807) is 18.4 Å². The SMILES string of the molecule is COc1ccc2cc(C(=O)NC3CCN(c4cc(-c5cccs5)[nH]n4)CC3)[nH]c2c1. The molecule has 5 rings (SSSR count). The lowest BCUT2D eigenvalue weighted by Gasteiger charge is -2.32. The fourth-order valence-corrected chi connectivity index (χ4v) is 4.60. The zero-order valence-corrected chi connectivity index (χ0v) is 17.5. The number of ether oxygens (including phenoxy) is 1. The number of aromatic nitrogens is 3. The monoisotopic (exact) mass is 421 g/mol. The van der Waals surface area contributed by atoms with E-state index in [4.69, 9.17) is 4.74 Å². The average Bonchev–Trinajstić information content (AvgIpc) is 3.53. The van der Waals surface area contributed by atoms with Crippen molar-refractivity contribution < 1.29 is 9.53 Å². The maximum atomic E-state index is 12.7. The summed E-state index contributed by atoms with van der Waals surface area (Å²) in [7, 11) is 1.63. The number of fused-ring (bicyclic) bond motifs is 1. The molecule has 0 radical (unpaired) electrons. The van der Waals surface area contributed by atoms with Crippen LogP contribution in [0.3, 0.4) is 0 Å². The molecule has 0 aliphatic carbocycles. The van der Waals surface area contributed by atoms with Crippen molar-refractivity contribution >= 4 is 34.0 Å². The summed E-state index contributed by atoms with van der Waals surface area (Å²) in [6.45, 7) is 1.73. The molecule has 8 heteroatoms. The summed E-state index contributed by atoms with van der Waals surface area (Å²) in [5, 5.41) is 13.8. The highest BCUT2D eigenvalue weighted by Gasteiger charge is 2.23. The van der Waals surface area contributed by atoms with Crippen LogP contribution in [0.25, 0.3) is 21.5 Å². The number of thiophene rings is 1. The second-order valence-corrected chi connectivity index (χ2v) is 8.44. The van der Waals surface area contributed by atoms with Crippen molar-refractivity contribution in [2.45, 2.75) is 18.9 Å². The molecule has 7 nitrogen and oxygen atoms in total. The van der Waals surface area contributed by atoms with Crippen LogP contribution >= 0.6 is 11.3 Å². The van der Waals surface area contributed by atoms with Gasteiger partial charge in [-0.1, -0.05) is 6.07 Å². The number of anilines is 1. The van der Waals surface area contributed by atoms with Gasteiger partial charge < -0.3 is 19.9 Å². The number of hydrogen-bond donors (Lipinski definition) is 3. The number of aromatic amines is 2. The van der Waals surface area contributed by atoms with E-state index < -0.39 is 0 Å². The number of hydrogen-bond acceptors (Lipinski definition) is 5. The molecule has 1 aliphatic rings. The first-order valence-corrected chi connectivity index (χ1v) is 10.9. The van der Waals surface area contributed by atoms with Gasteiger partial charge in [-0.25, -0.2) is 0 Å². The maximum absolute atomic E-state index is 12.7. The zero-order chi connectivity index (χ0) is 20.5. The normalized spacial score (nSPS) is 14.9. The van der Waals surface area contributed by atoms with Crippen molar-refractivity contribution in [2.24, 2.45) is 0 Å². The van der Waals surface area contributed by atoms with Crippen LogP contribution in [-0.2, 0) is 0 Å². The van der Waals surface area contributed by atoms with Crippen molar-refractivity contribution in [3.05, 3.63) is 53.5 Å². The van der Waals surface area contributed by atoms with Crippen molar-refractivity contribution in [1.29, 1.82) is 0 Å². The van der Waals surface area contributed by atoms with Crippen molar-refractivity contribution in [3.8, 4) is 16.3 Å². The Hall–Kier alpha value is -3.26. The Morgan fingerprint density at radius 1 is 1.23 bits per heavy atom. The molecule has 30 heavy (non-hydrogen) atoms. The largest absolute Gasteiger partial charge is 0.497 e. The van der Waals surface area contributed by atoms with Crippen LogP contribution in [0.4, 0.5) is 5.82 Å². The highest BCUT2D eigenvalue weighted by Crippen LogP contribution is 2.27. The minimum atomic E-state index is -0.0663. The molecule has 0 atom stereocenters. The Labute approximate surface area is 178 Å². The van der Waals surface area contributed by atoms with Crippen LogP contribution in [0.2, 0.25) is 0 Å². The molecule has 3 aromatic heterocycles. The molecule has 0 unspecified atom stereocenters. The van der Waals surface area contributed by atoms with E-state index in [2.05, 4.69) is 42.9 Å². The van der Waals surface area contributed by atoms with E-state index in [1.807, 2.05) is 30.3 Å². The molecule has 1 fully saturated rings. The first-order chi connectivity index (χ1) is 14.7. The van der Waals surface area contributed by atoms with Gasteiger partial charge in [-0.05, 0) is 42.5 Å². The Morgan fingerprint density at radius 3 is 2.87 bits per heavy atom. The van der Waals surface area contributed by atoms with Crippen LogP contribution in [0.5, 0.6) is 5.75 Å². The highest BCUT2D eigenvalue weighted by molar-refractivity contribution is 7.13. The summed E-state index contributed by atoms with van der Waals surface area (Å²) in [5.41, 5.74) is 2.52. The van der Waals surface area contributed by atoms with Gasteiger partial charge in [0.25, 0.3) is 5.91 Å².